The van der Waals surface area contributed by atoms with Crippen LogP contribution in [0.25, 0.3) is 0 Å². The molecule has 1 amide bonds. The van der Waals surface area contributed by atoms with Gasteiger partial charge in [-0.05, 0) is 30.7 Å². The Bertz CT molecular complexity index is 573. The zero-order chi connectivity index (χ0) is 17.7. The Morgan fingerprint density at radius 2 is 2.08 bits per heavy atom. The second-order valence-corrected chi connectivity index (χ2v) is 6.57. The predicted octanol–water partition coefficient (Wildman–Crippen LogP) is 1.47. The summed E-state index contributed by atoms with van der Waals surface area (Å²) in [4.78, 5) is 16.4. The van der Waals surface area contributed by atoms with Crippen LogP contribution in [0.3, 0.4) is 0 Å². The molecule has 0 aromatic heterocycles. The number of nitrogens with zero attached hydrogens (tertiary/aromatic N) is 2. The molecule has 1 aromatic carbocycles. The number of aliphatic hydroxyl groups excluding tert-OH is 2. The summed E-state index contributed by atoms with van der Waals surface area (Å²) >= 11 is 5.76. The van der Waals surface area contributed by atoms with Crippen molar-refractivity contribution in [3.63, 3.8) is 0 Å². The summed E-state index contributed by atoms with van der Waals surface area (Å²) in [6.45, 7) is 5.20. The number of hydrogen-bond acceptors (Lipinski definition) is 4. The van der Waals surface area contributed by atoms with Crippen LogP contribution in [0.4, 0.5) is 4.39 Å². The van der Waals surface area contributed by atoms with Gasteiger partial charge in [0, 0.05) is 44.3 Å². The monoisotopic (exact) mass is 358 g/mol. The van der Waals surface area contributed by atoms with Gasteiger partial charge in [-0.25, -0.2) is 4.39 Å². The number of likely N-dealkylation sites (tertiary alicyclic amines) is 1. The van der Waals surface area contributed by atoms with Crippen LogP contribution < -0.4 is 0 Å². The van der Waals surface area contributed by atoms with Gasteiger partial charge in [-0.1, -0.05) is 18.5 Å². The summed E-state index contributed by atoms with van der Waals surface area (Å²) in [5.74, 6) is -0.620. The summed E-state index contributed by atoms with van der Waals surface area (Å²) in [7, 11) is 0. The van der Waals surface area contributed by atoms with Gasteiger partial charge in [0.15, 0.2) is 0 Å². The van der Waals surface area contributed by atoms with Crippen LogP contribution >= 0.6 is 11.6 Å². The Morgan fingerprint density at radius 3 is 2.67 bits per heavy atom. The molecule has 0 bridgehead atoms. The van der Waals surface area contributed by atoms with Crippen molar-refractivity contribution >= 4 is 17.5 Å². The third-order valence-electron chi connectivity index (χ3n) is 4.62. The first-order valence-electron chi connectivity index (χ1n) is 8.18. The highest BCUT2D eigenvalue weighted by Crippen LogP contribution is 2.26. The number of likely N-dealkylation sites (N-methyl/N-ethyl adjacent to an activating group) is 1. The largest absolute Gasteiger partial charge is 0.396 e. The van der Waals surface area contributed by atoms with E-state index in [0.717, 1.165) is 13.1 Å². The van der Waals surface area contributed by atoms with Crippen molar-refractivity contribution in [2.45, 2.75) is 6.92 Å². The average Bonchev–Trinajstić information content (AvgIpc) is 2.99. The molecule has 134 valence electrons. The lowest BCUT2D eigenvalue weighted by molar-refractivity contribution is 0.0778. The maximum Gasteiger partial charge on any atom is 0.253 e. The maximum absolute atomic E-state index is 13.3. The van der Waals surface area contributed by atoms with E-state index in [2.05, 4.69) is 4.90 Å². The number of aliphatic hydroxyl groups is 2. The lowest BCUT2D eigenvalue weighted by Crippen LogP contribution is -2.36. The normalized spacial score (nSPS) is 20.8. The van der Waals surface area contributed by atoms with Crippen molar-refractivity contribution in [2.24, 2.45) is 11.8 Å². The van der Waals surface area contributed by atoms with E-state index >= 15 is 0 Å². The molecule has 1 aliphatic rings. The zero-order valence-electron chi connectivity index (χ0n) is 13.8. The van der Waals surface area contributed by atoms with Crippen LogP contribution in [-0.4, -0.2) is 71.9 Å². The minimum Gasteiger partial charge on any atom is -0.396 e. The molecule has 0 saturated carbocycles. The summed E-state index contributed by atoms with van der Waals surface area (Å²) in [5, 5.41) is 18.7. The quantitative estimate of drug-likeness (QED) is 0.775. The Kier molecular flexibility index (Phi) is 6.98. The molecule has 5 nitrogen and oxygen atoms in total. The third kappa shape index (κ3) is 4.45. The molecule has 24 heavy (non-hydrogen) atoms. The van der Waals surface area contributed by atoms with Crippen LogP contribution in [0.5, 0.6) is 0 Å². The number of rotatable bonds is 7. The van der Waals surface area contributed by atoms with Crippen LogP contribution in [0.1, 0.15) is 17.3 Å². The molecule has 0 aliphatic carbocycles. The SMILES string of the molecule is CCN(CCO)C[C@@H]1CN(C(=O)c2ccc(F)c(Cl)c2)C[C@@H]1CO. The lowest BCUT2D eigenvalue weighted by atomic mass is 9.96. The van der Waals surface area contributed by atoms with Gasteiger partial charge in [0.05, 0.1) is 11.6 Å². The van der Waals surface area contributed by atoms with Gasteiger partial charge in [0.25, 0.3) is 5.91 Å². The molecule has 1 aromatic rings. The fourth-order valence-electron chi connectivity index (χ4n) is 3.18. The van der Waals surface area contributed by atoms with E-state index < -0.39 is 5.82 Å². The van der Waals surface area contributed by atoms with E-state index in [4.69, 9.17) is 16.7 Å². The average molecular weight is 359 g/mol. The molecule has 0 spiro atoms. The van der Waals surface area contributed by atoms with Crippen molar-refractivity contribution in [3.05, 3.63) is 34.6 Å². The predicted molar refractivity (Wildman–Crippen MR) is 90.6 cm³/mol. The van der Waals surface area contributed by atoms with E-state index in [1.807, 2.05) is 6.92 Å². The van der Waals surface area contributed by atoms with E-state index in [1.54, 1.807) is 4.90 Å². The Labute approximate surface area is 146 Å². The number of benzene rings is 1. The second kappa shape index (κ2) is 8.76. The van der Waals surface area contributed by atoms with Crippen LogP contribution in [-0.2, 0) is 0 Å². The number of hydrogen-bond donors (Lipinski definition) is 2. The van der Waals surface area contributed by atoms with Crippen molar-refractivity contribution in [3.8, 4) is 0 Å². The second-order valence-electron chi connectivity index (χ2n) is 6.16. The summed E-state index contributed by atoms with van der Waals surface area (Å²) in [6.07, 6.45) is 0. The first-order valence-corrected chi connectivity index (χ1v) is 8.56. The fraction of sp³-hybridized carbons (Fsp3) is 0.588. The molecular weight excluding hydrogens is 335 g/mol. The standard InChI is InChI=1S/C17H24ClFN2O3/c1-2-20(5-6-22)8-13-9-21(10-14(13)11-23)17(24)12-3-4-16(19)15(18)7-12/h3-4,7,13-14,22-23H,2,5-6,8-11H2,1H3/t13-,14-/m1/s1. The van der Waals surface area contributed by atoms with Gasteiger partial charge < -0.3 is 20.0 Å². The molecule has 0 unspecified atom stereocenters. The van der Waals surface area contributed by atoms with Crippen molar-refractivity contribution in [1.29, 1.82) is 0 Å². The molecule has 1 saturated heterocycles. The number of carbonyl (C=O) groups excluding carboxylic acids is 1. The van der Waals surface area contributed by atoms with Crippen molar-refractivity contribution in [1.82, 2.24) is 9.80 Å². The van der Waals surface area contributed by atoms with Gasteiger partial charge in [-0.3, -0.25) is 4.79 Å². The van der Waals surface area contributed by atoms with E-state index in [1.165, 1.54) is 18.2 Å². The smallest absolute Gasteiger partial charge is 0.253 e. The molecule has 2 atom stereocenters. The van der Waals surface area contributed by atoms with E-state index in [9.17, 15) is 14.3 Å². The van der Waals surface area contributed by atoms with Gasteiger partial charge in [-0.2, -0.15) is 0 Å². The minimum absolute atomic E-state index is 0.00221. The molecule has 1 fully saturated rings. The molecule has 2 rings (SSSR count). The molecule has 1 aliphatic heterocycles. The van der Waals surface area contributed by atoms with Gasteiger partial charge >= 0.3 is 0 Å². The summed E-state index contributed by atoms with van der Waals surface area (Å²) < 4.78 is 13.3. The topological polar surface area (TPSA) is 64.0 Å². The highest BCUT2D eigenvalue weighted by molar-refractivity contribution is 6.31. The zero-order valence-corrected chi connectivity index (χ0v) is 14.5. The van der Waals surface area contributed by atoms with Crippen LogP contribution in [0, 0.1) is 17.7 Å². The first kappa shape index (κ1) is 19.1. The maximum atomic E-state index is 13.3. The Morgan fingerprint density at radius 1 is 1.38 bits per heavy atom. The number of halogens is 2. The van der Waals surface area contributed by atoms with Gasteiger partial charge in [0.2, 0.25) is 0 Å². The lowest BCUT2D eigenvalue weighted by Gasteiger charge is -2.25. The van der Waals surface area contributed by atoms with Crippen LogP contribution in [0.15, 0.2) is 18.2 Å². The molecule has 1 heterocycles. The highest BCUT2D eigenvalue weighted by Gasteiger charge is 2.35. The summed E-state index contributed by atoms with van der Waals surface area (Å²) in [6, 6.07) is 3.95. The Hall–Kier alpha value is -1.21. The molecular formula is C17H24ClFN2O3. The summed E-state index contributed by atoms with van der Waals surface area (Å²) in [5.41, 5.74) is 0.349. The first-order chi connectivity index (χ1) is 11.5. The van der Waals surface area contributed by atoms with E-state index in [0.29, 0.717) is 25.2 Å². The molecule has 0 radical (unpaired) electrons. The van der Waals surface area contributed by atoms with E-state index in [-0.39, 0.29) is 36.0 Å². The van der Waals surface area contributed by atoms with Crippen LogP contribution in [0.2, 0.25) is 5.02 Å². The molecule has 7 heteroatoms. The Balaban J connectivity index is 2.06. The highest BCUT2D eigenvalue weighted by atomic mass is 35.5. The molecule has 2 N–H and O–H groups in total. The minimum atomic E-state index is -0.552. The number of carbonyl (C=O) groups is 1. The third-order valence-corrected chi connectivity index (χ3v) is 4.91. The van der Waals surface area contributed by atoms with Crippen molar-refractivity contribution < 1.29 is 19.4 Å². The van der Waals surface area contributed by atoms with Gasteiger partial charge in [0.1, 0.15) is 5.82 Å². The van der Waals surface area contributed by atoms with Crippen molar-refractivity contribution in [2.75, 3.05) is 45.9 Å². The number of amides is 1. The van der Waals surface area contributed by atoms with Gasteiger partial charge in [-0.15, -0.1) is 0 Å². The fourth-order valence-corrected chi connectivity index (χ4v) is 3.36.